The molecule has 0 heterocycles. The molecule has 0 aromatic heterocycles. The summed E-state index contributed by atoms with van der Waals surface area (Å²) in [5.74, 6) is 0.906. The molecule has 0 radical (unpaired) electrons. The van der Waals surface area contributed by atoms with Gasteiger partial charge in [0.1, 0.15) is 0 Å². The van der Waals surface area contributed by atoms with Crippen molar-refractivity contribution in [3.05, 3.63) is 12.2 Å². The molecule has 3 heteroatoms. The number of carbonyl (C=O) groups is 1. The van der Waals surface area contributed by atoms with E-state index < -0.39 is 0 Å². The zero-order valence-corrected chi connectivity index (χ0v) is 9.45. The van der Waals surface area contributed by atoms with Crippen molar-refractivity contribution >= 4 is 17.7 Å². The molecule has 0 saturated carbocycles. The van der Waals surface area contributed by atoms with Crippen molar-refractivity contribution in [2.24, 2.45) is 0 Å². The highest BCUT2D eigenvalue weighted by Gasteiger charge is 2.08. The van der Waals surface area contributed by atoms with Gasteiger partial charge in [0.05, 0.1) is 13.5 Å². The summed E-state index contributed by atoms with van der Waals surface area (Å²) in [6.45, 7) is 7.89. The monoisotopic (exact) mass is 202 g/mol. The Labute approximate surface area is 84.7 Å². The van der Waals surface area contributed by atoms with E-state index in [9.17, 15) is 4.79 Å². The molecule has 0 fully saturated rings. The average molecular weight is 202 g/mol. The Morgan fingerprint density at radius 1 is 1.62 bits per heavy atom. The standard InChI is InChI=1S/C10H18O2S/c1-8(2)5-6-13-9(3)7-10(11)12-4/h9H,1,5-7H2,2-4H3. The molecule has 0 rings (SSSR count). The highest BCUT2D eigenvalue weighted by atomic mass is 32.2. The third-order valence-corrected chi connectivity index (χ3v) is 2.79. The first-order valence-corrected chi connectivity index (χ1v) is 5.44. The van der Waals surface area contributed by atoms with Crippen LogP contribution in [0.1, 0.15) is 26.7 Å². The smallest absolute Gasteiger partial charge is 0.306 e. The molecule has 13 heavy (non-hydrogen) atoms. The van der Waals surface area contributed by atoms with E-state index in [1.165, 1.54) is 12.7 Å². The van der Waals surface area contributed by atoms with E-state index in [4.69, 9.17) is 0 Å². The summed E-state index contributed by atoms with van der Waals surface area (Å²) in [7, 11) is 1.42. The summed E-state index contributed by atoms with van der Waals surface area (Å²) in [5.41, 5.74) is 1.19. The van der Waals surface area contributed by atoms with E-state index in [-0.39, 0.29) is 5.97 Å². The van der Waals surface area contributed by atoms with Gasteiger partial charge in [-0.15, -0.1) is 6.58 Å². The van der Waals surface area contributed by atoms with Crippen LogP contribution < -0.4 is 0 Å². The van der Waals surface area contributed by atoms with E-state index in [0.717, 1.165) is 12.2 Å². The van der Waals surface area contributed by atoms with Crippen molar-refractivity contribution in [1.29, 1.82) is 0 Å². The summed E-state index contributed by atoms with van der Waals surface area (Å²) in [5, 5.41) is 0.340. The number of hydrogen-bond acceptors (Lipinski definition) is 3. The van der Waals surface area contributed by atoms with Crippen LogP contribution in [-0.2, 0) is 9.53 Å². The maximum atomic E-state index is 10.9. The molecule has 0 aliphatic rings. The zero-order chi connectivity index (χ0) is 10.3. The summed E-state index contributed by atoms with van der Waals surface area (Å²) in [6.07, 6.45) is 1.52. The predicted molar refractivity (Wildman–Crippen MR) is 58.0 cm³/mol. The second-order valence-corrected chi connectivity index (χ2v) is 4.72. The first-order chi connectivity index (χ1) is 6.06. The molecule has 0 aliphatic heterocycles. The van der Waals surface area contributed by atoms with Crippen molar-refractivity contribution in [3.63, 3.8) is 0 Å². The number of methoxy groups -OCH3 is 1. The van der Waals surface area contributed by atoms with Gasteiger partial charge in [0.25, 0.3) is 0 Å². The van der Waals surface area contributed by atoms with E-state index >= 15 is 0 Å². The van der Waals surface area contributed by atoms with Crippen molar-refractivity contribution in [2.75, 3.05) is 12.9 Å². The highest BCUT2D eigenvalue weighted by molar-refractivity contribution is 7.99. The van der Waals surface area contributed by atoms with E-state index in [1.54, 1.807) is 11.8 Å². The summed E-state index contributed by atoms with van der Waals surface area (Å²) in [6, 6.07) is 0. The fraction of sp³-hybridized carbons (Fsp3) is 0.700. The summed E-state index contributed by atoms with van der Waals surface area (Å²) in [4.78, 5) is 10.9. The van der Waals surface area contributed by atoms with Crippen LogP contribution in [0.15, 0.2) is 12.2 Å². The minimum absolute atomic E-state index is 0.129. The third-order valence-electron chi connectivity index (χ3n) is 1.61. The second kappa shape index (κ2) is 7.01. The molecule has 0 saturated heterocycles. The number of esters is 1. The molecule has 0 bridgehead atoms. The topological polar surface area (TPSA) is 26.3 Å². The Bertz CT molecular complexity index is 178. The van der Waals surface area contributed by atoms with Crippen LogP contribution in [0.4, 0.5) is 0 Å². The maximum absolute atomic E-state index is 10.9. The lowest BCUT2D eigenvalue weighted by Crippen LogP contribution is -2.09. The van der Waals surface area contributed by atoms with Gasteiger partial charge < -0.3 is 4.74 Å². The molecule has 0 aliphatic carbocycles. The van der Waals surface area contributed by atoms with Crippen molar-refractivity contribution in [3.8, 4) is 0 Å². The molecule has 76 valence electrons. The Kier molecular flexibility index (Phi) is 6.77. The van der Waals surface area contributed by atoms with Gasteiger partial charge in [0.15, 0.2) is 0 Å². The van der Waals surface area contributed by atoms with Crippen molar-refractivity contribution in [1.82, 2.24) is 0 Å². The molecule has 0 aromatic rings. The molecule has 1 unspecified atom stereocenters. The van der Waals surface area contributed by atoms with Crippen molar-refractivity contribution in [2.45, 2.75) is 31.9 Å². The molecule has 0 aromatic carbocycles. The van der Waals surface area contributed by atoms with E-state index in [2.05, 4.69) is 11.3 Å². The molecule has 0 spiro atoms. The number of ether oxygens (including phenoxy) is 1. The number of thioether (sulfide) groups is 1. The predicted octanol–water partition coefficient (Wildman–Crippen LogP) is 2.64. The van der Waals surface area contributed by atoms with Crippen LogP contribution >= 0.6 is 11.8 Å². The number of carbonyl (C=O) groups excluding carboxylic acids is 1. The van der Waals surface area contributed by atoms with Gasteiger partial charge >= 0.3 is 5.97 Å². The number of rotatable bonds is 6. The van der Waals surface area contributed by atoms with E-state index in [1.807, 2.05) is 13.8 Å². The van der Waals surface area contributed by atoms with Crippen LogP contribution in [0.5, 0.6) is 0 Å². The Morgan fingerprint density at radius 2 is 2.23 bits per heavy atom. The minimum Gasteiger partial charge on any atom is -0.469 e. The van der Waals surface area contributed by atoms with Gasteiger partial charge in [-0.05, 0) is 19.1 Å². The quantitative estimate of drug-likeness (QED) is 0.489. The third kappa shape index (κ3) is 7.91. The fourth-order valence-corrected chi connectivity index (χ4v) is 1.93. The Morgan fingerprint density at radius 3 is 2.69 bits per heavy atom. The second-order valence-electron chi connectivity index (χ2n) is 3.17. The van der Waals surface area contributed by atoms with Gasteiger partial charge in [-0.25, -0.2) is 0 Å². The first kappa shape index (κ1) is 12.6. The lowest BCUT2D eigenvalue weighted by molar-refractivity contribution is -0.140. The van der Waals surface area contributed by atoms with Crippen LogP contribution in [0.3, 0.4) is 0 Å². The lowest BCUT2D eigenvalue weighted by atomic mass is 10.3. The fourth-order valence-electron chi connectivity index (χ4n) is 0.811. The zero-order valence-electron chi connectivity index (χ0n) is 8.63. The van der Waals surface area contributed by atoms with Crippen molar-refractivity contribution < 1.29 is 9.53 Å². The Hall–Kier alpha value is -0.440. The van der Waals surface area contributed by atoms with Gasteiger partial charge in [-0.1, -0.05) is 12.5 Å². The molecule has 2 nitrogen and oxygen atoms in total. The van der Waals surface area contributed by atoms with Crippen LogP contribution in [0.25, 0.3) is 0 Å². The highest BCUT2D eigenvalue weighted by Crippen LogP contribution is 2.16. The summed E-state index contributed by atoms with van der Waals surface area (Å²) < 4.78 is 4.58. The average Bonchev–Trinajstić information content (AvgIpc) is 2.03. The molecule has 0 N–H and O–H groups in total. The van der Waals surface area contributed by atoms with Gasteiger partial charge in [0, 0.05) is 5.25 Å². The molecule has 1 atom stereocenters. The minimum atomic E-state index is -0.129. The number of hydrogen-bond donors (Lipinski definition) is 0. The van der Waals surface area contributed by atoms with Crippen LogP contribution in [0.2, 0.25) is 0 Å². The van der Waals surface area contributed by atoms with E-state index in [0.29, 0.717) is 11.7 Å². The van der Waals surface area contributed by atoms with Crippen LogP contribution in [-0.4, -0.2) is 24.1 Å². The summed E-state index contributed by atoms with van der Waals surface area (Å²) >= 11 is 1.79. The van der Waals surface area contributed by atoms with Gasteiger partial charge in [-0.3, -0.25) is 4.79 Å². The number of allylic oxidation sites excluding steroid dienone is 1. The maximum Gasteiger partial charge on any atom is 0.306 e. The van der Waals surface area contributed by atoms with Gasteiger partial charge in [-0.2, -0.15) is 11.8 Å². The largest absolute Gasteiger partial charge is 0.469 e. The Balaban J connectivity index is 3.45. The normalized spacial score (nSPS) is 12.2. The molecular formula is C10H18O2S. The van der Waals surface area contributed by atoms with Crippen LogP contribution in [0, 0.1) is 0 Å². The van der Waals surface area contributed by atoms with Gasteiger partial charge in [0.2, 0.25) is 0 Å². The first-order valence-electron chi connectivity index (χ1n) is 4.39. The lowest BCUT2D eigenvalue weighted by Gasteiger charge is -2.08. The SMILES string of the molecule is C=C(C)CCSC(C)CC(=O)OC. The molecule has 0 amide bonds. The molecular weight excluding hydrogens is 184 g/mol.